The van der Waals surface area contributed by atoms with Crippen molar-refractivity contribution in [2.45, 2.75) is 80.0 Å². The molecule has 17 heteroatoms. The number of nitrogens with zero attached hydrogens (tertiary/aromatic N) is 6. The Morgan fingerprint density at radius 1 is 1.00 bits per heavy atom. The standard InChI is InChI=1S/C31H33F6IN6O4/c1-3-24-11-25(17-44(24)28(47)48-29(38,26(45)46)21-6-4-5-7-21)43(27-39-12-19(13-40-27)20-14-41-42(2)16-20)15-18-8-22(30(32,33)34)10-23(9-18)31(35,36)37/h8-10,12-14,16,21,24-25H,3-7,11,15,17H2,1-2H3,(H,45,46)/t24-,25+,29?/m1/s1. The summed E-state index contributed by atoms with van der Waals surface area (Å²) in [5.74, 6) is -1.64. The first kappa shape index (κ1) is 35.7. The minimum absolute atomic E-state index is 0.0170. The van der Waals surface area contributed by atoms with Crippen molar-refractivity contribution in [1.82, 2.24) is 24.6 Å². The molecule has 3 aromatic rings. The van der Waals surface area contributed by atoms with Crippen molar-refractivity contribution in [3.63, 3.8) is 0 Å². The first-order valence-electron chi connectivity index (χ1n) is 15.3. The highest BCUT2D eigenvalue weighted by molar-refractivity contribution is 14.1. The summed E-state index contributed by atoms with van der Waals surface area (Å²) in [4.78, 5) is 37.6. The molecule has 0 spiro atoms. The van der Waals surface area contributed by atoms with Gasteiger partial charge in [0, 0.05) is 61.8 Å². The van der Waals surface area contributed by atoms with Crippen molar-refractivity contribution >= 4 is 40.6 Å². The molecule has 1 amide bonds. The van der Waals surface area contributed by atoms with E-state index in [1.165, 1.54) is 22.2 Å². The first-order chi connectivity index (χ1) is 22.5. The molecule has 2 aliphatic rings. The Balaban J connectivity index is 1.49. The summed E-state index contributed by atoms with van der Waals surface area (Å²) in [5, 5.41) is 14.1. The van der Waals surface area contributed by atoms with Gasteiger partial charge in [-0.05, 0) is 72.0 Å². The van der Waals surface area contributed by atoms with Crippen LogP contribution in [0.2, 0.25) is 0 Å². The van der Waals surface area contributed by atoms with Gasteiger partial charge in [-0.25, -0.2) is 19.6 Å². The maximum Gasteiger partial charge on any atom is 0.416 e. The average molecular weight is 795 g/mol. The number of aliphatic carboxylic acids is 1. The lowest BCUT2D eigenvalue weighted by Crippen LogP contribution is -2.48. The molecule has 48 heavy (non-hydrogen) atoms. The number of benzene rings is 1. The maximum absolute atomic E-state index is 13.7. The van der Waals surface area contributed by atoms with Gasteiger partial charge in [0.2, 0.25) is 5.95 Å². The molecule has 3 atom stereocenters. The summed E-state index contributed by atoms with van der Waals surface area (Å²) in [6.45, 7) is 1.30. The SMILES string of the molecule is CC[C@@H]1C[C@H](N(Cc2cc(C(F)(F)F)cc(C(F)(F)F)c2)c2ncc(-c3cnn(C)c3)cn2)CN1C(=O)OC(I)(C(=O)O)C1CCCC1. The second-order valence-electron chi connectivity index (χ2n) is 12.1. The third-order valence-corrected chi connectivity index (χ3v) is 10.4. The number of carboxylic acid groups (broad SMARTS) is 1. The van der Waals surface area contributed by atoms with E-state index >= 15 is 0 Å². The van der Waals surface area contributed by atoms with E-state index in [-0.39, 0.29) is 36.5 Å². The molecular formula is C31H33F6IN6O4. The number of halogens is 7. The van der Waals surface area contributed by atoms with Gasteiger partial charge in [-0.2, -0.15) is 31.4 Å². The first-order valence-corrected chi connectivity index (χ1v) is 16.4. The van der Waals surface area contributed by atoms with Gasteiger partial charge in [0.05, 0.1) is 23.4 Å². The zero-order valence-electron chi connectivity index (χ0n) is 25.9. The molecule has 1 saturated heterocycles. The predicted molar refractivity (Wildman–Crippen MR) is 169 cm³/mol. The lowest BCUT2D eigenvalue weighted by atomic mass is 10.0. The van der Waals surface area contributed by atoms with Gasteiger partial charge in [-0.3, -0.25) is 4.68 Å². The molecule has 1 aliphatic heterocycles. The van der Waals surface area contributed by atoms with Crippen LogP contribution in [-0.4, -0.2) is 64.1 Å². The number of hydrogen-bond acceptors (Lipinski definition) is 7. The van der Waals surface area contributed by atoms with Gasteiger partial charge in [0.15, 0.2) is 0 Å². The Morgan fingerprint density at radius 3 is 2.10 bits per heavy atom. The van der Waals surface area contributed by atoms with Crippen molar-refractivity contribution in [2.75, 3.05) is 11.4 Å². The number of ether oxygens (including phenoxy) is 1. The normalized spacial score (nSPS) is 20.1. The lowest BCUT2D eigenvalue weighted by Gasteiger charge is -2.33. The molecule has 1 aromatic carbocycles. The zero-order chi connectivity index (χ0) is 35.0. The van der Waals surface area contributed by atoms with Crippen LogP contribution in [0.15, 0.2) is 43.0 Å². The largest absolute Gasteiger partial charge is 0.478 e. The number of likely N-dealkylation sites (tertiary alicyclic amines) is 1. The molecule has 1 N–H and O–H groups in total. The number of aromatic nitrogens is 4. The number of rotatable bonds is 9. The Kier molecular flexibility index (Phi) is 10.2. The number of carbonyl (C=O) groups excluding carboxylic acids is 1. The maximum atomic E-state index is 13.7. The lowest BCUT2D eigenvalue weighted by molar-refractivity contribution is -0.152. The molecular weight excluding hydrogens is 761 g/mol. The Labute approximate surface area is 285 Å². The summed E-state index contributed by atoms with van der Waals surface area (Å²) >= 11 is 1.67. The van der Waals surface area contributed by atoms with Gasteiger partial charge in [-0.15, -0.1) is 0 Å². The van der Waals surface area contributed by atoms with Gasteiger partial charge >= 0.3 is 24.4 Å². The van der Waals surface area contributed by atoms with Crippen LogP contribution in [0.4, 0.5) is 37.1 Å². The minimum Gasteiger partial charge on any atom is -0.478 e. The molecule has 5 rings (SSSR count). The van der Waals surface area contributed by atoms with Crippen LogP contribution in [-0.2, 0) is 35.5 Å². The van der Waals surface area contributed by atoms with Gasteiger partial charge < -0.3 is 19.6 Å². The van der Waals surface area contributed by atoms with E-state index in [1.807, 2.05) is 6.92 Å². The number of aryl methyl sites for hydroxylation is 1. The molecule has 0 radical (unpaired) electrons. The molecule has 3 heterocycles. The zero-order valence-corrected chi connectivity index (χ0v) is 28.1. The Bertz CT molecular complexity index is 1600. The van der Waals surface area contributed by atoms with E-state index < -0.39 is 57.8 Å². The third kappa shape index (κ3) is 7.64. The van der Waals surface area contributed by atoms with Crippen molar-refractivity contribution in [3.05, 3.63) is 59.7 Å². The van der Waals surface area contributed by atoms with E-state index in [2.05, 4.69) is 15.1 Å². The van der Waals surface area contributed by atoms with E-state index in [0.717, 1.165) is 12.8 Å². The highest BCUT2D eigenvalue weighted by Gasteiger charge is 2.50. The molecule has 2 aromatic heterocycles. The summed E-state index contributed by atoms with van der Waals surface area (Å²) in [6.07, 6.45) is -1.25. The average Bonchev–Trinajstić information content (AvgIpc) is 3.80. The summed E-state index contributed by atoms with van der Waals surface area (Å²) in [7, 11) is 1.72. The number of anilines is 1. The molecule has 1 saturated carbocycles. The van der Waals surface area contributed by atoms with Crippen LogP contribution in [0.1, 0.15) is 62.1 Å². The summed E-state index contributed by atoms with van der Waals surface area (Å²) in [6, 6.07) is 0.240. The second-order valence-corrected chi connectivity index (χ2v) is 13.7. The molecule has 1 aliphatic carbocycles. The number of carbonyl (C=O) groups is 2. The summed E-state index contributed by atoms with van der Waals surface area (Å²) < 4.78 is 87.9. The number of amides is 1. The fourth-order valence-corrected chi connectivity index (χ4v) is 7.18. The van der Waals surface area contributed by atoms with Crippen molar-refractivity contribution < 1.29 is 45.8 Å². The topological polar surface area (TPSA) is 114 Å². The van der Waals surface area contributed by atoms with Crippen LogP contribution < -0.4 is 4.90 Å². The number of carboxylic acids is 1. The molecule has 1 unspecified atom stereocenters. The van der Waals surface area contributed by atoms with Crippen LogP contribution >= 0.6 is 22.6 Å². The fourth-order valence-electron chi connectivity index (χ4n) is 6.37. The van der Waals surface area contributed by atoms with Crippen LogP contribution in [0.5, 0.6) is 0 Å². The van der Waals surface area contributed by atoms with Gasteiger partial charge in [0.25, 0.3) is 3.61 Å². The highest BCUT2D eigenvalue weighted by Crippen LogP contribution is 2.43. The number of hydrogen-bond donors (Lipinski definition) is 1. The second kappa shape index (κ2) is 13.7. The smallest absolute Gasteiger partial charge is 0.416 e. The van der Waals surface area contributed by atoms with Crippen LogP contribution in [0.3, 0.4) is 0 Å². The van der Waals surface area contributed by atoms with E-state index in [0.29, 0.717) is 42.5 Å². The van der Waals surface area contributed by atoms with Crippen molar-refractivity contribution in [3.8, 4) is 11.1 Å². The van der Waals surface area contributed by atoms with Crippen molar-refractivity contribution in [1.29, 1.82) is 0 Å². The monoisotopic (exact) mass is 794 g/mol. The van der Waals surface area contributed by atoms with Crippen molar-refractivity contribution in [2.24, 2.45) is 13.0 Å². The molecule has 260 valence electrons. The quantitative estimate of drug-likeness (QED) is 0.136. The fraction of sp³-hybridized carbons (Fsp3) is 0.516. The number of alkyl halides is 7. The highest BCUT2D eigenvalue weighted by atomic mass is 127. The van der Waals surface area contributed by atoms with E-state index in [9.17, 15) is 41.0 Å². The molecule has 2 fully saturated rings. The Morgan fingerprint density at radius 2 is 1.60 bits per heavy atom. The predicted octanol–water partition coefficient (Wildman–Crippen LogP) is 7.32. The van der Waals surface area contributed by atoms with Crippen LogP contribution in [0, 0.1) is 5.92 Å². The summed E-state index contributed by atoms with van der Waals surface area (Å²) in [5.41, 5.74) is -1.94. The van der Waals surface area contributed by atoms with Gasteiger partial charge in [0.1, 0.15) is 0 Å². The van der Waals surface area contributed by atoms with E-state index in [1.54, 1.807) is 46.7 Å². The molecule has 10 nitrogen and oxygen atoms in total. The Hall–Kier alpha value is -3.64. The van der Waals surface area contributed by atoms with Crippen LogP contribution in [0.25, 0.3) is 11.1 Å². The third-order valence-electron chi connectivity index (χ3n) is 8.88. The molecule has 0 bridgehead atoms. The minimum atomic E-state index is -5.04. The van der Waals surface area contributed by atoms with E-state index in [4.69, 9.17) is 4.74 Å². The van der Waals surface area contributed by atoms with Gasteiger partial charge in [-0.1, -0.05) is 19.8 Å².